The summed E-state index contributed by atoms with van der Waals surface area (Å²) >= 11 is 0. The van der Waals surface area contributed by atoms with E-state index in [2.05, 4.69) is 30.8 Å². The first-order valence-electron chi connectivity index (χ1n) is 6.46. The molecule has 0 heterocycles. The smallest absolute Gasteiger partial charge is 0.123 e. The Bertz CT molecular complexity index is 366. The van der Waals surface area contributed by atoms with Crippen molar-refractivity contribution in [3.05, 3.63) is 29.6 Å². The summed E-state index contributed by atoms with van der Waals surface area (Å²) in [4.78, 5) is 4.42. The van der Waals surface area contributed by atoms with Gasteiger partial charge in [-0.25, -0.2) is 4.39 Å². The largest absolute Gasteiger partial charge is 0.372 e. The minimum absolute atomic E-state index is 0.219. The molecule has 0 atom stereocenters. The molecule has 0 bridgehead atoms. The summed E-state index contributed by atoms with van der Waals surface area (Å²) in [6.07, 6.45) is 1.09. The third-order valence-electron chi connectivity index (χ3n) is 3.02. The Morgan fingerprint density at radius 2 is 1.94 bits per heavy atom. The van der Waals surface area contributed by atoms with Crippen LogP contribution in [0.25, 0.3) is 0 Å². The molecule has 0 unspecified atom stereocenters. The van der Waals surface area contributed by atoms with Gasteiger partial charge in [-0.15, -0.1) is 0 Å². The Hall–Kier alpha value is -1.13. The Balaban J connectivity index is 2.75. The standard InChI is InChI=1S/C14H24FN3/c1-4-18(9-5-8-17(2)3)14-7-6-13(15)10-12(14)11-16/h6-7,10H,4-5,8-9,11,16H2,1-3H3. The van der Waals surface area contributed by atoms with E-state index in [0.29, 0.717) is 6.54 Å². The van der Waals surface area contributed by atoms with Gasteiger partial charge in [-0.1, -0.05) is 0 Å². The van der Waals surface area contributed by atoms with Crippen molar-refractivity contribution in [3.8, 4) is 0 Å². The molecule has 1 rings (SSSR count). The number of hydrogen-bond acceptors (Lipinski definition) is 3. The number of rotatable bonds is 7. The third kappa shape index (κ3) is 4.27. The predicted octanol–water partition coefficient (Wildman–Crippen LogP) is 2.06. The van der Waals surface area contributed by atoms with Crippen molar-refractivity contribution < 1.29 is 4.39 Å². The second kappa shape index (κ2) is 7.34. The number of nitrogens with two attached hydrogens (primary N) is 1. The van der Waals surface area contributed by atoms with Gasteiger partial charge in [0.15, 0.2) is 0 Å². The van der Waals surface area contributed by atoms with Gasteiger partial charge in [0.2, 0.25) is 0 Å². The highest BCUT2D eigenvalue weighted by Crippen LogP contribution is 2.21. The van der Waals surface area contributed by atoms with Crippen LogP contribution in [0.1, 0.15) is 18.9 Å². The van der Waals surface area contributed by atoms with Crippen molar-refractivity contribution in [3.63, 3.8) is 0 Å². The first-order chi connectivity index (χ1) is 8.58. The van der Waals surface area contributed by atoms with Crippen molar-refractivity contribution in [2.24, 2.45) is 5.73 Å². The first kappa shape index (κ1) is 14.9. The zero-order valence-corrected chi connectivity index (χ0v) is 11.6. The molecule has 0 spiro atoms. The van der Waals surface area contributed by atoms with E-state index in [4.69, 9.17) is 5.73 Å². The lowest BCUT2D eigenvalue weighted by molar-refractivity contribution is 0.400. The second-order valence-electron chi connectivity index (χ2n) is 4.71. The molecule has 0 aliphatic rings. The van der Waals surface area contributed by atoms with E-state index in [1.807, 2.05) is 6.07 Å². The van der Waals surface area contributed by atoms with E-state index in [1.165, 1.54) is 12.1 Å². The summed E-state index contributed by atoms with van der Waals surface area (Å²) in [6, 6.07) is 4.86. The van der Waals surface area contributed by atoms with E-state index in [9.17, 15) is 4.39 Å². The molecule has 0 saturated heterocycles. The van der Waals surface area contributed by atoms with Gasteiger partial charge < -0.3 is 15.5 Å². The molecule has 102 valence electrons. The maximum atomic E-state index is 13.2. The van der Waals surface area contributed by atoms with Gasteiger partial charge in [0.05, 0.1) is 0 Å². The summed E-state index contributed by atoms with van der Waals surface area (Å²) < 4.78 is 13.2. The highest BCUT2D eigenvalue weighted by molar-refractivity contribution is 5.53. The van der Waals surface area contributed by atoms with Gasteiger partial charge in [0.1, 0.15) is 5.82 Å². The van der Waals surface area contributed by atoms with E-state index >= 15 is 0 Å². The molecule has 2 N–H and O–H groups in total. The van der Waals surface area contributed by atoms with Crippen LogP contribution in [0.5, 0.6) is 0 Å². The van der Waals surface area contributed by atoms with Gasteiger partial charge in [-0.2, -0.15) is 0 Å². The van der Waals surface area contributed by atoms with Crippen LogP contribution in [0.15, 0.2) is 18.2 Å². The molecule has 0 saturated carbocycles. The number of halogens is 1. The Morgan fingerprint density at radius 1 is 1.22 bits per heavy atom. The summed E-state index contributed by atoms with van der Waals surface area (Å²) in [5.41, 5.74) is 7.62. The SMILES string of the molecule is CCN(CCCN(C)C)c1ccc(F)cc1CN. The van der Waals surface area contributed by atoms with Crippen LogP contribution < -0.4 is 10.6 Å². The molecule has 0 aliphatic heterocycles. The van der Waals surface area contributed by atoms with Crippen LogP contribution in [0.4, 0.5) is 10.1 Å². The van der Waals surface area contributed by atoms with Gasteiger partial charge in [-0.3, -0.25) is 0 Å². The summed E-state index contributed by atoms with van der Waals surface area (Å²) in [7, 11) is 4.14. The van der Waals surface area contributed by atoms with Crippen molar-refractivity contribution >= 4 is 5.69 Å². The second-order valence-corrected chi connectivity index (χ2v) is 4.71. The lowest BCUT2D eigenvalue weighted by atomic mass is 10.1. The number of nitrogens with zero attached hydrogens (tertiary/aromatic N) is 2. The van der Waals surface area contributed by atoms with Gasteiger partial charge in [-0.05, 0) is 57.7 Å². The minimum atomic E-state index is -0.219. The molecular formula is C14H24FN3. The molecule has 1 aromatic rings. The quantitative estimate of drug-likeness (QED) is 0.807. The lowest BCUT2D eigenvalue weighted by Gasteiger charge is -2.26. The summed E-state index contributed by atoms with van der Waals surface area (Å²) in [5.74, 6) is -0.219. The molecule has 4 heteroatoms. The third-order valence-corrected chi connectivity index (χ3v) is 3.02. The van der Waals surface area contributed by atoms with Crippen LogP contribution in [0, 0.1) is 5.82 Å². The fourth-order valence-electron chi connectivity index (χ4n) is 2.05. The molecule has 0 fully saturated rings. The number of anilines is 1. The summed E-state index contributed by atoms with van der Waals surface area (Å²) in [5, 5.41) is 0. The Kier molecular flexibility index (Phi) is 6.09. The fraction of sp³-hybridized carbons (Fsp3) is 0.571. The monoisotopic (exact) mass is 253 g/mol. The van der Waals surface area contributed by atoms with Gasteiger partial charge in [0, 0.05) is 25.3 Å². The van der Waals surface area contributed by atoms with Crippen LogP contribution in [-0.4, -0.2) is 38.6 Å². The summed E-state index contributed by atoms with van der Waals surface area (Å²) in [6.45, 7) is 5.41. The Labute approximate surface area is 109 Å². The normalized spacial score (nSPS) is 11.0. The van der Waals surface area contributed by atoms with Crippen LogP contribution in [0.3, 0.4) is 0 Å². The van der Waals surface area contributed by atoms with Crippen LogP contribution in [0.2, 0.25) is 0 Å². The van der Waals surface area contributed by atoms with Crippen molar-refractivity contribution in [2.45, 2.75) is 19.9 Å². The molecule has 1 aromatic carbocycles. The van der Waals surface area contributed by atoms with Gasteiger partial charge in [0.25, 0.3) is 0 Å². The topological polar surface area (TPSA) is 32.5 Å². The fourth-order valence-corrected chi connectivity index (χ4v) is 2.05. The van der Waals surface area contributed by atoms with Gasteiger partial charge >= 0.3 is 0 Å². The molecule has 0 aliphatic carbocycles. The zero-order chi connectivity index (χ0) is 13.5. The van der Waals surface area contributed by atoms with Crippen LogP contribution in [-0.2, 0) is 6.54 Å². The van der Waals surface area contributed by atoms with Crippen LogP contribution >= 0.6 is 0 Å². The highest BCUT2D eigenvalue weighted by Gasteiger charge is 2.09. The molecule has 18 heavy (non-hydrogen) atoms. The van der Waals surface area contributed by atoms with E-state index in [-0.39, 0.29) is 5.82 Å². The number of hydrogen-bond donors (Lipinski definition) is 1. The van der Waals surface area contributed by atoms with E-state index in [1.54, 1.807) is 0 Å². The maximum Gasteiger partial charge on any atom is 0.123 e. The zero-order valence-electron chi connectivity index (χ0n) is 11.6. The van der Waals surface area contributed by atoms with E-state index in [0.717, 1.165) is 37.3 Å². The lowest BCUT2D eigenvalue weighted by Crippen LogP contribution is -2.28. The first-order valence-corrected chi connectivity index (χ1v) is 6.46. The molecule has 0 amide bonds. The average Bonchev–Trinajstić information content (AvgIpc) is 2.34. The molecular weight excluding hydrogens is 229 g/mol. The average molecular weight is 253 g/mol. The molecule has 0 radical (unpaired) electrons. The van der Waals surface area contributed by atoms with Crippen molar-refractivity contribution in [1.82, 2.24) is 4.90 Å². The Morgan fingerprint density at radius 3 is 2.50 bits per heavy atom. The predicted molar refractivity (Wildman–Crippen MR) is 75.3 cm³/mol. The maximum absolute atomic E-state index is 13.2. The molecule has 0 aromatic heterocycles. The van der Waals surface area contributed by atoms with E-state index < -0.39 is 0 Å². The van der Waals surface area contributed by atoms with Crippen molar-refractivity contribution in [1.29, 1.82) is 0 Å². The highest BCUT2D eigenvalue weighted by atomic mass is 19.1. The molecule has 3 nitrogen and oxygen atoms in total. The van der Waals surface area contributed by atoms with Crippen molar-refractivity contribution in [2.75, 3.05) is 38.6 Å². The minimum Gasteiger partial charge on any atom is -0.372 e. The number of benzene rings is 1.